The third-order valence-corrected chi connectivity index (χ3v) is 5.37. The van der Waals surface area contributed by atoms with Crippen LogP contribution in [0.1, 0.15) is 26.3 Å². The van der Waals surface area contributed by atoms with Crippen molar-refractivity contribution in [1.82, 2.24) is 20.8 Å². The summed E-state index contributed by atoms with van der Waals surface area (Å²) in [5.41, 5.74) is 6.92. The van der Waals surface area contributed by atoms with E-state index in [2.05, 4.69) is 20.8 Å². The van der Waals surface area contributed by atoms with Crippen LogP contribution >= 0.6 is 11.8 Å². The van der Waals surface area contributed by atoms with Crippen LogP contribution < -0.4 is 10.9 Å². The molecule has 31 heavy (non-hydrogen) atoms. The number of nitrogens with one attached hydrogen (secondary N) is 3. The summed E-state index contributed by atoms with van der Waals surface area (Å²) < 4.78 is 26.8. The molecule has 0 aliphatic carbocycles. The molecule has 0 bridgehead atoms. The summed E-state index contributed by atoms with van der Waals surface area (Å²) in [6.07, 6.45) is 0. The number of para-hydroxylation sites is 2. The van der Waals surface area contributed by atoms with Crippen molar-refractivity contribution in [3.05, 3.63) is 95.1 Å². The first-order valence-electron chi connectivity index (χ1n) is 9.22. The number of halogens is 2. The molecule has 6 nitrogen and oxygen atoms in total. The second kappa shape index (κ2) is 8.97. The molecule has 4 aromatic rings. The van der Waals surface area contributed by atoms with E-state index in [4.69, 9.17) is 0 Å². The van der Waals surface area contributed by atoms with E-state index in [-0.39, 0.29) is 0 Å². The van der Waals surface area contributed by atoms with E-state index < -0.39 is 29.0 Å². The number of carbonyl (C=O) groups excluding carboxylic acids is 2. The van der Waals surface area contributed by atoms with Crippen LogP contribution in [0.5, 0.6) is 0 Å². The number of hydrogen-bond donors (Lipinski definition) is 3. The molecule has 2 amide bonds. The van der Waals surface area contributed by atoms with Crippen molar-refractivity contribution in [2.24, 2.45) is 0 Å². The molecule has 0 aliphatic rings. The maximum atomic E-state index is 13.6. The number of benzene rings is 3. The second-order valence-electron chi connectivity index (χ2n) is 6.58. The van der Waals surface area contributed by atoms with Crippen molar-refractivity contribution in [1.29, 1.82) is 0 Å². The van der Waals surface area contributed by atoms with Crippen LogP contribution in [0.4, 0.5) is 8.78 Å². The fraction of sp³-hybridized carbons (Fsp3) is 0.0455. The second-order valence-corrected chi connectivity index (χ2v) is 7.54. The molecule has 0 spiro atoms. The number of aromatic nitrogens is 2. The maximum Gasteiger partial charge on any atom is 0.272 e. The first-order valence-corrected chi connectivity index (χ1v) is 10.2. The Kier molecular flexibility index (Phi) is 5.94. The SMILES string of the molecule is O=C(NNC(=O)c1cc(F)ccc1F)c1ccc(CSc2nc3ccccc3[nH]2)cc1. The number of hydrogen-bond acceptors (Lipinski definition) is 4. The Hall–Kier alpha value is -3.72. The molecule has 156 valence electrons. The van der Waals surface area contributed by atoms with Crippen molar-refractivity contribution >= 4 is 34.6 Å². The zero-order valence-electron chi connectivity index (χ0n) is 16.0. The molecule has 0 unspecified atom stereocenters. The number of fused-ring (bicyclic) bond motifs is 1. The molecule has 0 fully saturated rings. The lowest BCUT2D eigenvalue weighted by Crippen LogP contribution is -2.42. The number of imidazole rings is 1. The number of hydrazine groups is 1. The summed E-state index contributed by atoms with van der Waals surface area (Å²) in [4.78, 5) is 31.9. The summed E-state index contributed by atoms with van der Waals surface area (Å²) in [5, 5.41) is 0.801. The highest BCUT2D eigenvalue weighted by Crippen LogP contribution is 2.23. The summed E-state index contributed by atoms with van der Waals surface area (Å²) in [6, 6.07) is 17.1. The van der Waals surface area contributed by atoms with Gasteiger partial charge in [-0.2, -0.15) is 0 Å². The number of aromatic amines is 1. The molecular formula is C22H16F2N4O2S. The lowest BCUT2D eigenvalue weighted by Gasteiger charge is -2.08. The van der Waals surface area contributed by atoms with Crippen molar-refractivity contribution in [2.45, 2.75) is 10.9 Å². The number of H-pyrrole nitrogens is 1. The van der Waals surface area contributed by atoms with Gasteiger partial charge in [0.05, 0.1) is 16.6 Å². The van der Waals surface area contributed by atoms with Gasteiger partial charge in [0.2, 0.25) is 0 Å². The summed E-state index contributed by atoms with van der Waals surface area (Å²) in [7, 11) is 0. The first kappa shape index (κ1) is 20.5. The predicted octanol–water partition coefficient (Wildman–Crippen LogP) is 4.21. The van der Waals surface area contributed by atoms with E-state index in [0.717, 1.165) is 40.0 Å². The normalized spacial score (nSPS) is 10.8. The molecule has 0 saturated heterocycles. The molecule has 0 radical (unpaired) electrons. The Bertz CT molecular complexity index is 1230. The zero-order valence-corrected chi connectivity index (χ0v) is 16.8. The van der Waals surface area contributed by atoms with Crippen molar-refractivity contribution in [2.75, 3.05) is 0 Å². The molecule has 1 heterocycles. The van der Waals surface area contributed by atoms with E-state index in [1.54, 1.807) is 24.3 Å². The molecule has 4 rings (SSSR count). The monoisotopic (exact) mass is 438 g/mol. The smallest absolute Gasteiger partial charge is 0.272 e. The van der Waals surface area contributed by atoms with Crippen molar-refractivity contribution < 1.29 is 18.4 Å². The Morgan fingerprint density at radius 2 is 1.68 bits per heavy atom. The third-order valence-electron chi connectivity index (χ3n) is 4.42. The number of thioether (sulfide) groups is 1. The van der Waals surface area contributed by atoms with Gasteiger partial charge in [-0.1, -0.05) is 36.0 Å². The Morgan fingerprint density at radius 3 is 2.45 bits per heavy atom. The minimum atomic E-state index is -0.954. The average Bonchev–Trinajstić information content (AvgIpc) is 3.21. The van der Waals surface area contributed by atoms with Crippen LogP contribution in [0, 0.1) is 11.6 Å². The van der Waals surface area contributed by atoms with E-state index in [0.29, 0.717) is 11.3 Å². The molecule has 3 N–H and O–H groups in total. The van der Waals surface area contributed by atoms with Gasteiger partial charge in [0.1, 0.15) is 11.6 Å². The van der Waals surface area contributed by atoms with E-state index in [9.17, 15) is 18.4 Å². The predicted molar refractivity (Wildman–Crippen MR) is 113 cm³/mol. The Morgan fingerprint density at radius 1 is 0.935 bits per heavy atom. The van der Waals surface area contributed by atoms with Crippen molar-refractivity contribution in [3.8, 4) is 0 Å². The molecule has 0 aliphatic heterocycles. The van der Waals surface area contributed by atoms with Gasteiger partial charge < -0.3 is 4.98 Å². The molecule has 0 saturated carbocycles. The Labute approximate surface area is 180 Å². The zero-order chi connectivity index (χ0) is 21.8. The molecule has 3 aromatic carbocycles. The van der Waals surface area contributed by atoms with Gasteiger partial charge >= 0.3 is 0 Å². The van der Waals surface area contributed by atoms with E-state index in [1.807, 2.05) is 24.3 Å². The number of nitrogens with zero attached hydrogens (tertiary/aromatic N) is 1. The van der Waals surface area contributed by atoms with Crippen LogP contribution in [0.15, 0.2) is 71.9 Å². The average molecular weight is 438 g/mol. The van der Waals surface area contributed by atoms with Gasteiger partial charge in [0, 0.05) is 11.3 Å². The number of rotatable bonds is 5. The summed E-state index contributed by atoms with van der Waals surface area (Å²) >= 11 is 1.54. The van der Waals surface area contributed by atoms with Gasteiger partial charge in [-0.05, 0) is 48.0 Å². The van der Waals surface area contributed by atoms with Crippen LogP contribution in [-0.2, 0) is 5.75 Å². The maximum absolute atomic E-state index is 13.6. The van der Waals surface area contributed by atoms with Gasteiger partial charge in [-0.15, -0.1) is 0 Å². The van der Waals surface area contributed by atoms with Crippen LogP contribution in [-0.4, -0.2) is 21.8 Å². The fourth-order valence-electron chi connectivity index (χ4n) is 2.83. The minimum absolute atomic E-state index is 0.303. The molecule has 0 atom stereocenters. The lowest BCUT2D eigenvalue weighted by molar-refractivity contribution is 0.0844. The lowest BCUT2D eigenvalue weighted by atomic mass is 10.1. The first-order chi connectivity index (χ1) is 15.0. The summed E-state index contributed by atoms with van der Waals surface area (Å²) in [5.74, 6) is -2.53. The van der Waals surface area contributed by atoms with Crippen LogP contribution in [0.25, 0.3) is 11.0 Å². The van der Waals surface area contributed by atoms with Crippen LogP contribution in [0.3, 0.4) is 0 Å². The standard InChI is InChI=1S/C22H16F2N4O2S/c23-15-9-10-17(24)16(11-15)21(30)28-27-20(29)14-7-5-13(6-8-14)12-31-22-25-18-3-1-2-4-19(18)26-22/h1-11H,12H2,(H,25,26)(H,27,29)(H,28,30). The number of amides is 2. The third kappa shape index (κ3) is 4.89. The molecule has 1 aromatic heterocycles. The highest BCUT2D eigenvalue weighted by molar-refractivity contribution is 7.98. The van der Waals surface area contributed by atoms with Gasteiger partial charge in [-0.3, -0.25) is 20.4 Å². The van der Waals surface area contributed by atoms with E-state index >= 15 is 0 Å². The Balaban J connectivity index is 1.32. The van der Waals surface area contributed by atoms with Gasteiger partial charge in [0.15, 0.2) is 5.16 Å². The quantitative estimate of drug-likeness (QED) is 0.322. The highest BCUT2D eigenvalue weighted by Gasteiger charge is 2.14. The molecular weight excluding hydrogens is 422 g/mol. The topological polar surface area (TPSA) is 86.9 Å². The van der Waals surface area contributed by atoms with Crippen LogP contribution in [0.2, 0.25) is 0 Å². The van der Waals surface area contributed by atoms with E-state index in [1.165, 1.54) is 11.8 Å². The van der Waals surface area contributed by atoms with Gasteiger partial charge in [-0.25, -0.2) is 13.8 Å². The fourth-order valence-corrected chi connectivity index (χ4v) is 3.67. The van der Waals surface area contributed by atoms with Gasteiger partial charge in [0.25, 0.3) is 11.8 Å². The minimum Gasteiger partial charge on any atom is -0.333 e. The van der Waals surface area contributed by atoms with Crippen molar-refractivity contribution in [3.63, 3.8) is 0 Å². The molecule has 9 heteroatoms. The summed E-state index contributed by atoms with van der Waals surface area (Å²) in [6.45, 7) is 0. The largest absolute Gasteiger partial charge is 0.333 e. The number of carbonyl (C=O) groups is 2. The highest BCUT2D eigenvalue weighted by atomic mass is 32.2.